The molecular weight excluding hydrogens is 296 g/mol. The molecule has 0 fully saturated rings. The number of carbonyl (C=O) groups is 1. The Hall–Kier alpha value is -1.31. The highest BCUT2D eigenvalue weighted by Gasteiger charge is 1.95. The van der Waals surface area contributed by atoms with Crippen LogP contribution >= 0.6 is 0 Å². The molecular formula is C22H40O2. The van der Waals surface area contributed by atoms with E-state index in [1.807, 2.05) is 0 Å². The zero-order chi connectivity index (χ0) is 18.3. The average molecular weight is 337 g/mol. The summed E-state index contributed by atoms with van der Waals surface area (Å²) in [6.07, 6.45) is 26.0. The average Bonchev–Trinajstić information content (AvgIpc) is 2.58. The molecule has 24 heavy (non-hydrogen) atoms. The van der Waals surface area contributed by atoms with E-state index in [2.05, 4.69) is 57.2 Å². The fraction of sp³-hybridized carbons (Fsp3) is 0.682. The van der Waals surface area contributed by atoms with Gasteiger partial charge in [-0.2, -0.15) is 0 Å². The minimum atomic E-state index is -0.675. The zero-order valence-electron chi connectivity index (χ0n) is 16.3. The molecule has 140 valence electrons. The molecule has 0 bridgehead atoms. The first-order chi connectivity index (χ1) is 11.7. The molecule has 0 rings (SSSR count). The van der Waals surface area contributed by atoms with Crippen LogP contribution in [0.5, 0.6) is 0 Å². The van der Waals surface area contributed by atoms with E-state index in [9.17, 15) is 4.79 Å². The Morgan fingerprint density at radius 2 is 1.21 bits per heavy atom. The molecule has 2 heteroatoms. The van der Waals surface area contributed by atoms with E-state index in [1.54, 1.807) is 0 Å². The van der Waals surface area contributed by atoms with E-state index in [0.717, 1.165) is 44.9 Å². The van der Waals surface area contributed by atoms with E-state index in [4.69, 9.17) is 5.11 Å². The molecule has 0 aliphatic carbocycles. The van der Waals surface area contributed by atoms with Crippen LogP contribution in [0.2, 0.25) is 0 Å². The molecule has 0 aliphatic heterocycles. The zero-order valence-corrected chi connectivity index (χ0v) is 16.3. The van der Waals surface area contributed by atoms with Crippen LogP contribution in [0.4, 0.5) is 0 Å². The highest BCUT2D eigenvalue weighted by Crippen LogP contribution is 2.07. The van der Waals surface area contributed by atoms with Gasteiger partial charge in [0.25, 0.3) is 0 Å². The maximum Gasteiger partial charge on any atom is 0.303 e. The van der Waals surface area contributed by atoms with Gasteiger partial charge < -0.3 is 5.11 Å². The highest BCUT2D eigenvalue weighted by molar-refractivity contribution is 5.66. The van der Waals surface area contributed by atoms with Gasteiger partial charge in [0.2, 0.25) is 0 Å². The van der Waals surface area contributed by atoms with Gasteiger partial charge in [-0.15, -0.1) is 0 Å². The maximum atomic E-state index is 10.3. The molecule has 0 amide bonds. The lowest BCUT2D eigenvalue weighted by molar-refractivity contribution is -0.137. The van der Waals surface area contributed by atoms with Gasteiger partial charge in [0.05, 0.1) is 0 Å². The van der Waals surface area contributed by atoms with E-state index in [0.29, 0.717) is 6.42 Å². The van der Waals surface area contributed by atoms with Gasteiger partial charge in [-0.05, 0) is 38.5 Å². The quantitative estimate of drug-likeness (QED) is 0.264. The Morgan fingerprint density at radius 3 is 1.75 bits per heavy atom. The van der Waals surface area contributed by atoms with Gasteiger partial charge in [-0.1, -0.05) is 89.3 Å². The molecule has 2 nitrogen and oxygen atoms in total. The summed E-state index contributed by atoms with van der Waals surface area (Å²) in [4.78, 5) is 10.3. The molecule has 0 heterocycles. The Morgan fingerprint density at radius 1 is 0.708 bits per heavy atom. The van der Waals surface area contributed by atoms with E-state index in [-0.39, 0.29) is 0 Å². The van der Waals surface area contributed by atoms with Crippen LogP contribution in [0.3, 0.4) is 0 Å². The van der Waals surface area contributed by atoms with Crippen molar-refractivity contribution in [2.24, 2.45) is 0 Å². The van der Waals surface area contributed by atoms with E-state index >= 15 is 0 Å². The second kappa shape index (κ2) is 23.9. The lowest BCUT2D eigenvalue weighted by Crippen LogP contribution is -1.93. The number of allylic oxidation sites excluding steroid dienone is 6. The van der Waals surface area contributed by atoms with Gasteiger partial charge >= 0.3 is 5.97 Å². The van der Waals surface area contributed by atoms with Crippen LogP contribution in [0.1, 0.15) is 97.8 Å². The number of rotatable bonds is 14. The van der Waals surface area contributed by atoms with E-state index in [1.165, 1.54) is 25.7 Å². The normalized spacial score (nSPS) is 11.3. The third kappa shape index (κ3) is 28.8. The first-order valence-corrected chi connectivity index (χ1v) is 9.85. The van der Waals surface area contributed by atoms with Crippen molar-refractivity contribution >= 4 is 5.97 Å². The molecule has 1 N–H and O–H groups in total. The standard InChI is InChI=1S/C18H30O2.C4H10/c1-2-3-4-5-6-7-8-9-10-11-12-13-14-15-16-17-18(19)20;1-3-4-2/h3-4,6-7,9-10H,2,5,8,11-17H2,1H3,(H,19,20);3-4H2,1-2H3/b4-3-,7-6-,10-9-;. The van der Waals surface area contributed by atoms with Crippen LogP contribution in [0, 0.1) is 0 Å². The van der Waals surface area contributed by atoms with Crippen molar-refractivity contribution in [3.8, 4) is 0 Å². The summed E-state index contributed by atoms with van der Waals surface area (Å²) in [6, 6.07) is 0. The molecule has 0 aromatic rings. The van der Waals surface area contributed by atoms with Crippen molar-refractivity contribution in [2.75, 3.05) is 0 Å². The second-order valence-corrected chi connectivity index (χ2v) is 5.99. The lowest BCUT2D eigenvalue weighted by atomic mass is 10.1. The number of hydrogen-bond acceptors (Lipinski definition) is 1. The third-order valence-electron chi connectivity index (χ3n) is 3.54. The van der Waals surface area contributed by atoms with Gasteiger partial charge in [0, 0.05) is 6.42 Å². The predicted molar refractivity (Wildman–Crippen MR) is 107 cm³/mol. The summed E-state index contributed by atoms with van der Waals surface area (Å²) < 4.78 is 0. The van der Waals surface area contributed by atoms with Crippen LogP contribution in [-0.4, -0.2) is 11.1 Å². The molecule has 0 radical (unpaired) electrons. The molecule has 0 unspecified atom stereocenters. The minimum Gasteiger partial charge on any atom is -0.481 e. The Bertz CT molecular complexity index is 325. The second-order valence-electron chi connectivity index (χ2n) is 5.99. The third-order valence-corrected chi connectivity index (χ3v) is 3.54. The fourth-order valence-corrected chi connectivity index (χ4v) is 1.90. The Labute approximate surface area is 150 Å². The molecule has 0 saturated carbocycles. The number of hydrogen-bond donors (Lipinski definition) is 1. The number of unbranched alkanes of at least 4 members (excludes halogenated alkanes) is 6. The van der Waals surface area contributed by atoms with Crippen molar-refractivity contribution in [3.05, 3.63) is 36.5 Å². The summed E-state index contributed by atoms with van der Waals surface area (Å²) in [6.45, 7) is 6.51. The maximum absolute atomic E-state index is 10.3. The summed E-state index contributed by atoms with van der Waals surface area (Å²) in [5.41, 5.74) is 0. The van der Waals surface area contributed by atoms with Gasteiger partial charge in [-0.3, -0.25) is 4.79 Å². The van der Waals surface area contributed by atoms with E-state index < -0.39 is 5.97 Å². The number of carboxylic acids is 1. The first-order valence-electron chi connectivity index (χ1n) is 9.85. The minimum absolute atomic E-state index is 0.319. The Kier molecular flexibility index (Phi) is 24.9. The van der Waals surface area contributed by atoms with Crippen molar-refractivity contribution in [2.45, 2.75) is 97.8 Å². The van der Waals surface area contributed by atoms with Gasteiger partial charge in [-0.25, -0.2) is 0 Å². The monoisotopic (exact) mass is 336 g/mol. The van der Waals surface area contributed by atoms with Crippen LogP contribution < -0.4 is 0 Å². The Balaban J connectivity index is 0. The molecule has 0 saturated heterocycles. The van der Waals surface area contributed by atoms with Crippen LogP contribution in [-0.2, 0) is 4.79 Å². The van der Waals surface area contributed by atoms with Crippen LogP contribution in [0.25, 0.3) is 0 Å². The topological polar surface area (TPSA) is 37.3 Å². The lowest BCUT2D eigenvalue weighted by Gasteiger charge is -1.98. The van der Waals surface area contributed by atoms with Crippen molar-refractivity contribution < 1.29 is 9.90 Å². The van der Waals surface area contributed by atoms with Crippen molar-refractivity contribution in [1.29, 1.82) is 0 Å². The molecule has 0 aromatic heterocycles. The molecule has 0 spiro atoms. The van der Waals surface area contributed by atoms with Gasteiger partial charge in [0.1, 0.15) is 0 Å². The molecule has 0 aromatic carbocycles. The van der Waals surface area contributed by atoms with Crippen molar-refractivity contribution in [1.82, 2.24) is 0 Å². The number of carboxylic acid groups (broad SMARTS) is 1. The molecule has 0 aliphatic rings. The smallest absolute Gasteiger partial charge is 0.303 e. The molecule has 0 atom stereocenters. The SMILES string of the molecule is CC/C=C\C/C=C\C/C=C\CCCCCCCC(=O)O.CCCC. The summed E-state index contributed by atoms with van der Waals surface area (Å²) in [5, 5.41) is 8.50. The van der Waals surface area contributed by atoms with Gasteiger partial charge in [0.15, 0.2) is 0 Å². The van der Waals surface area contributed by atoms with Crippen molar-refractivity contribution in [3.63, 3.8) is 0 Å². The largest absolute Gasteiger partial charge is 0.481 e. The predicted octanol–water partition coefficient (Wildman–Crippen LogP) is 7.47. The van der Waals surface area contributed by atoms with Crippen LogP contribution in [0.15, 0.2) is 36.5 Å². The number of aliphatic carboxylic acids is 1. The highest BCUT2D eigenvalue weighted by atomic mass is 16.4. The summed E-state index contributed by atoms with van der Waals surface area (Å²) in [5.74, 6) is -0.675. The summed E-state index contributed by atoms with van der Waals surface area (Å²) >= 11 is 0. The fourth-order valence-electron chi connectivity index (χ4n) is 1.90. The first kappa shape index (κ1) is 24.9. The summed E-state index contributed by atoms with van der Waals surface area (Å²) in [7, 11) is 0.